The van der Waals surface area contributed by atoms with Gasteiger partial charge in [0.2, 0.25) is 5.95 Å². The monoisotopic (exact) mass is 202 g/mol. The molecule has 4 nitrogen and oxygen atoms in total. The van der Waals surface area contributed by atoms with Crippen LogP contribution in [0.4, 0.5) is 5.95 Å². The van der Waals surface area contributed by atoms with Crippen LogP contribution in [0.25, 0.3) is 11.4 Å². The fourth-order valence-corrected chi connectivity index (χ4v) is 1.53. The van der Waals surface area contributed by atoms with Crippen LogP contribution in [0.1, 0.15) is 5.56 Å². The third-order valence-electron chi connectivity index (χ3n) is 2.26. The highest BCUT2D eigenvalue weighted by atomic mass is 15.4. The van der Waals surface area contributed by atoms with E-state index in [1.165, 1.54) is 5.56 Å². The number of rotatable bonds is 2. The van der Waals surface area contributed by atoms with Gasteiger partial charge in [-0.3, -0.25) is 0 Å². The minimum atomic E-state index is 0.647. The van der Waals surface area contributed by atoms with E-state index in [0.29, 0.717) is 5.95 Å². The molecule has 0 fully saturated rings. The molecule has 1 aromatic carbocycles. The van der Waals surface area contributed by atoms with Gasteiger partial charge in [0.15, 0.2) is 5.82 Å². The van der Waals surface area contributed by atoms with Crippen molar-refractivity contribution >= 4 is 5.95 Å². The van der Waals surface area contributed by atoms with Crippen molar-refractivity contribution in [1.29, 1.82) is 0 Å². The van der Waals surface area contributed by atoms with Crippen molar-refractivity contribution in [3.63, 3.8) is 0 Å². The molecule has 1 N–H and O–H groups in total. The summed E-state index contributed by atoms with van der Waals surface area (Å²) in [6, 6.07) is 8.23. The maximum Gasteiger partial charge on any atom is 0.242 e. The predicted molar refractivity (Wildman–Crippen MR) is 60.7 cm³/mol. The Morgan fingerprint density at radius 2 is 2.13 bits per heavy atom. The van der Waals surface area contributed by atoms with Crippen LogP contribution in [0.2, 0.25) is 0 Å². The van der Waals surface area contributed by atoms with Gasteiger partial charge < -0.3 is 5.32 Å². The van der Waals surface area contributed by atoms with Crippen molar-refractivity contribution in [3.8, 4) is 11.4 Å². The van der Waals surface area contributed by atoms with Crippen LogP contribution in [0.5, 0.6) is 0 Å². The summed E-state index contributed by atoms with van der Waals surface area (Å²) in [6.07, 6.45) is 0. The first-order chi connectivity index (χ1) is 7.20. The van der Waals surface area contributed by atoms with Crippen molar-refractivity contribution in [3.05, 3.63) is 29.8 Å². The quantitative estimate of drug-likeness (QED) is 0.808. The lowest BCUT2D eigenvalue weighted by atomic mass is 10.1. The topological polar surface area (TPSA) is 42.7 Å². The van der Waals surface area contributed by atoms with Gasteiger partial charge in [-0.25, -0.2) is 4.68 Å². The molecular formula is C11H14N4. The smallest absolute Gasteiger partial charge is 0.242 e. The minimum Gasteiger partial charge on any atom is -0.356 e. The summed E-state index contributed by atoms with van der Waals surface area (Å²) >= 11 is 0. The standard InChI is InChI=1S/C11H14N4/c1-8-5-4-6-9(7-8)10-13-11(12-2)14-15(10)3/h4-7H,1-3H3,(H,12,14). The second-order valence-corrected chi connectivity index (χ2v) is 3.50. The Hall–Kier alpha value is -1.84. The van der Waals surface area contributed by atoms with E-state index in [1.807, 2.05) is 26.2 Å². The van der Waals surface area contributed by atoms with Crippen molar-refractivity contribution in [1.82, 2.24) is 14.8 Å². The molecule has 78 valence electrons. The van der Waals surface area contributed by atoms with Gasteiger partial charge in [0.05, 0.1) is 0 Å². The third-order valence-corrected chi connectivity index (χ3v) is 2.26. The van der Waals surface area contributed by atoms with Crippen LogP contribution in [-0.2, 0) is 7.05 Å². The Balaban J connectivity index is 2.48. The summed E-state index contributed by atoms with van der Waals surface area (Å²) < 4.78 is 1.78. The van der Waals surface area contributed by atoms with Crippen molar-refractivity contribution in [2.75, 3.05) is 12.4 Å². The van der Waals surface area contributed by atoms with Crippen LogP contribution in [0, 0.1) is 6.92 Å². The van der Waals surface area contributed by atoms with Gasteiger partial charge in [0.1, 0.15) is 0 Å². The second-order valence-electron chi connectivity index (χ2n) is 3.50. The average molecular weight is 202 g/mol. The predicted octanol–water partition coefficient (Wildman–Crippen LogP) is 1.83. The molecule has 0 unspecified atom stereocenters. The summed E-state index contributed by atoms with van der Waals surface area (Å²) in [5.74, 6) is 1.53. The molecule has 0 atom stereocenters. The van der Waals surface area contributed by atoms with Gasteiger partial charge in [-0.2, -0.15) is 4.98 Å². The first-order valence-corrected chi connectivity index (χ1v) is 4.86. The Bertz CT molecular complexity index is 473. The van der Waals surface area contributed by atoms with E-state index in [-0.39, 0.29) is 0 Å². The van der Waals surface area contributed by atoms with Gasteiger partial charge in [-0.15, -0.1) is 5.10 Å². The van der Waals surface area contributed by atoms with E-state index in [2.05, 4.69) is 34.5 Å². The highest BCUT2D eigenvalue weighted by Crippen LogP contribution is 2.18. The molecule has 0 aliphatic heterocycles. The molecule has 0 saturated carbocycles. The maximum absolute atomic E-state index is 4.38. The first kappa shape index (κ1) is 9.71. The number of aromatic nitrogens is 3. The molecule has 0 radical (unpaired) electrons. The Kier molecular flexibility index (Phi) is 2.41. The van der Waals surface area contributed by atoms with E-state index >= 15 is 0 Å². The molecule has 1 heterocycles. The molecule has 0 saturated heterocycles. The van der Waals surface area contributed by atoms with Gasteiger partial charge >= 0.3 is 0 Å². The Morgan fingerprint density at radius 3 is 2.73 bits per heavy atom. The number of hydrogen-bond acceptors (Lipinski definition) is 3. The molecule has 0 aliphatic carbocycles. The van der Waals surface area contributed by atoms with Gasteiger partial charge in [-0.1, -0.05) is 23.8 Å². The fraction of sp³-hybridized carbons (Fsp3) is 0.273. The molecule has 0 aliphatic rings. The lowest BCUT2D eigenvalue weighted by molar-refractivity contribution is 0.777. The zero-order chi connectivity index (χ0) is 10.8. The van der Waals surface area contributed by atoms with Crippen molar-refractivity contribution in [2.24, 2.45) is 7.05 Å². The first-order valence-electron chi connectivity index (χ1n) is 4.86. The van der Waals surface area contributed by atoms with Gasteiger partial charge in [-0.05, 0) is 13.0 Å². The summed E-state index contributed by atoms with van der Waals surface area (Å²) in [4.78, 5) is 4.38. The van der Waals surface area contributed by atoms with Crippen LogP contribution in [0.15, 0.2) is 24.3 Å². The molecule has 0 bridgehead atoms. The highest BCUT2D eigenvalue weighted by Gasteiger charge is 2.07. The second kappa shape index (κ2) is 3.73. The summed E-state index contributed by atoms with van der Waals surface area (Å²) in [6.45, 7) is 2.07. The van der Waals surface area contributed by atoms with E-state index in [9.17, 15) is 0 Å². The summed E-state index contributed by atoms with van der Waals surface area (Å²) in [5.41, 5.74) is 2.31. The fourth-order valence-electron chi connectivity index (χ4n) is 1.53. The SMILES string of the molecule is CNc1nc(-c2cccc(C)c2)n(C)n1. The zero-order valence-corrected chi connectivity index (χ0v) is 9.15. The number of nitrogens with one attached hydrogen (secondary N) is 1. The normalized spacial score (nSPS) is 10.3. The average Bonchev–Trinajstić information content (AvgIpc) is 2.60. The van der Waals surface area contributed by atoms with Crippen LogP contribution in [0.3, 0.4) is 0 Å². The summed E-state index contributed by atoms with van der Waals surface area (Å²) in [5, 5.41) is 7.16. The van der Waals surface area contributed by atoms with Gasteiger partial charge in [0, 0.05) is 19.7 Å². The molecule has 2 rings (SSSR count). The molecule has 4 heteroatoms. The molecule has 0 spiro atoms. The number of anilines is 1. The van der Waals surface area contributed by atoms with E-state index < -0.39 is 0 Å². The molecular weight excluding hydrogens is 188 g/mol. The van der Waals surface area contributed by atoms with Crippen LogP contribution < -0.4 is 5.32 Å². The Morgan fingerprint density at radius 1 is 1.33 bits per heavy atom. The van der Waals surface area contributed by atoms with Crippen LogP contribution in [-0.4, -0.2) is 21.8 Å². The number of hydrogen-bond donors (Lipinski definition) is 1. The highest BCUT2D eigenvalue weighted by molar-refractivity contribution is 5.57. The van der Waals surface area contributed by atoms with Gasteiger partial charge in [0.25, 0.3) is 0 Å². The molecule has 2 aromatic rings. The number of benzene rings is 1. The Labute approximate surface area is 89.0 Å². The lowest BCUT2D eigenvalue weighted by Gasteiger charge is -2.00. The van der Waals surface area contributed by atoms with Crippen molar-refractivity contribution < 1.29 is 0 Å². The third kappa shape index (κ3) is 1.83. The molecule has 1 aromatic heterocycles. The van der Waals surface area contributed by atoms with E-state index in [0.717, 1.165) is 11.4 Å². The van der Waals surface area contributed by atoms with E-state index in [1.54, 1.807) is 4.68 Å². The number of aryl methyl sites for hydroxylation is 2. The largest absolute Gasteiger partial charge is 0.356 e. The lowest BCUT2D eigenvalue weighted by Crippen LogP contribution is -1.95. The zero-order valence-electron chi connectivity index (χ0n) is 9.15. The molecule has 15 heavy (non-hydrogen) atoms. The number of nitrogens with zero attached hydrogens (tertiary/aromatic N) is 3. The van der Waals surface area contributed by atoms with Crippen molar-refractivity contribution in [2.45, 2.75) is 6.92 Å². The summed E-state index contributed by atoms with van der Waals surface area (Å²) in [7, 11) is 3.71. The molecule has 0 amide bonds. The minimum absolute atomic E-state index is 0.647. The van der Waals surface area contributed by atoms with E-state index in [4.69, 9.17) is 0 Å². The van der Waals surface area contributed by atoms with Crippen LogP contribution >= 0.6 is 0 Å². The maximum atomic E-state index is 4.38.